The van der Waals surface area contributed by atoms with Crippen molar-refractivity contribution in [3.63, 3.8) is 0 Å². The fourth-order valence-corrected chi connectivity index (χ4v) is 12.4. The number of anilines is 12. The van der Waals surface area contributed by atoms with E-state index in [-0.39, 0.29) is 0 Å². The molecular formula is C79H55N7. The van der Waals surface area contributed by atoms with E-state index in [1.54, 1.807) is 0 Å². The van der Waals surface area contributed by atoms with Crippen molar-refractivity contribution in [3.05, 3.63) is 339 Å². The number of rotatable bonds is 14. The van der Waals surface area contributed by atoms with Crippen molar-refractivity contribution in [2.24, 2.45) is 0 Å². The van der Waals surface area contributed by atoms with Crippen molar-refractivity contribution in [1.29, 1.82) is 5.26 Å². The van der Waals surface area contributed by atoms with Gasteiger partial charge in [0, 0.05) is 89.8 Å². The highest BCUT2D eigenvalue weighted by atomic mass is 15.2. The van der Waals surface area contributed by atoms with Gasteiger partial charge in [0.15, 0.2) is 0 Å². The summed E-state index contributed by atoms with van der Waals surface area (Å²) in [7, 11) is 0. The molecule has 0 fully saturated rings. The van der Waals surface area contributed by atoms with E-state index in [1.165, 1.54) is 0 Å². The summed E-state index contributed by atoms with van der Waals surface area (Å²) in [6, 6.07) is 121. The zero-order valence-electron chi connectivity index (χ0n) is 46.9. The first-order valence-corrected chi connectivity index (χ1v) is 29.0. The maximum absolute atomic E-state index is 10.9. The van der Waals surface area contributed by atoms with Crippen LogP contribution in [0.2, 0.25) is 0 Å². The molecule has 0 radical (unpaired) electrons. The molecule has 406 valence electrons. The van der Waals surface area contributed by atoms with Gasteiger partial charge >= 0.3 is 0 Å². The summed E-state index contributed by atoms with van der Waals surface area (Å²) in [5, 5.41) is 15.2. The first kappa shape index (κ1) is 51.1. The molecule has 7 heteroatoms. The zero-order valence-corrected chi connectivity index (χ0v) is 46.9. The third kappa shape index (κ3) is 9.21. The van der Waals surface area contributed by atoms with E-state index in [2.05, 4.69) is 362 Å². The van der Waals surface area contributed by atoms with Crippen LogP contribution in [0, 0.1) is 11.3 Å². The molecule has 86 heavy (non-hydrogen) atoms. The van der Waals surface area contributed by atoms with Gasteiger partial charge in [0.25, 0.3) is 0 Å². The molecule has 0 atom stereocenters. The second kappa shape index (κ2) is 22.1. The second-order valence-corrected chi connectivity index (χ2v) is 21.3. The van der Waals surface area contributed by atoms with Gasteiger partial charge in [-0.2, -0.15) is 5.26 Å². The fourth-order valence-electron chi connectivity index (χ4n) is 12.4. The van der Waals surface area contributed by atoms with E-state index >= 15 is 0 Å². The first-order chi connectivity index (χ1) is 42.6. The quantitative estimate of drug-likeness (QED) is 0.109. The van der Waals surface area contributed by atoms with E-state index in [4.69, 9.17) is 0 Å². The van der Waals surface area contributed by atoms with Gasteiger partial charge in [-0.25, -0.2) is 0 Å². The van der Waals surface area contributed by atoms with Gasteiger partial charge in [-0.05, 0) is 188 Å². The predicted molar refractivity (Wildman–Crippen MR) is 359 cm³/mol. The van der Waals surface area contributed by atoms with Gasteiger partial charge in [0.1, 0.15) is 0 Å². The number of fused-ring (bicyclic) bond motifs is 6. The Morgan fingerprint density at radius 3 is 0.651 bits per heavy atom. The van der Waals surface area contributed by atoms with Crippen LogP contribution < -0.4 is 19.6 Å². The van der Waals surface area contributed by atoms with Gasteiger partial charge in [-0.1, -0.05) is 146 Å². The predicted octanol–water partition coefficient (Wildman–Crippen LogP) is 21.6. The van der Waals surface area contributed by atoms with Crippen molar-refractivity contribution in [2.45, 2.75) is 0 Å². The largest absolute Gasteiger partial charge is 0.310 e. The molecule has 15 aromatic rings. The average molecular weight is 1100 g/mol. The topological polar surface area (TPSA) is 46.6 Å². The van der Waals surface area contributed by atoms with Gasteiger partial charge in [-0.15, -0.1) is 0 Å². The number of nitrogens with zero attached hydrogens (tertiary/aromatic N) is 7. The lowest BCUT2D eigenvalue weighted by molar-refractivity contribution is 1.09. The van der Waals surface area contributed by atoms with Gasteiger partial charge in [0.05, 0.1) is 45.1 Å². The van der Waals surface area contributed by atoms with E-state index in [1.807, 2.05) is 6.07 Å². The molecule has 0 aliphatic carbocycles. The smallest absolute Gasteiger partial charge is 0.0992 e. The number of aromatic nitrogens is 2. The fraction of sp³-hybridized carbons (Fsp3) is 0. The third-order valence-electron chi connectivity index (χ3n) is 16.2. The Morgan fingerprint density at radius 2 is 0.430 bits per heavy atom. The number of benzene rings is 13. The lowest BCUT2D eigenvalue weighted by Crippen LogP contribution is -2.10. The SMILES string of the molecule is N#Cc1ccc(-n2c3ccc(N(c4ccccc4)c4ccccc4)cc3c3cc(N(c4ccccc4)c4ccccc4)ccc32)c(-n2c3ccc(N(c4ccccc4)c4ccccc4)cc3c3cc(N(c4ccccc4)c4ccccc4)ccc32)c1. The molecule has 0 saturated heterocycles. The van der Waals surface area contributed by atoms with Gasteiger partial charge in [0.2, 0.25) is 0 Å². The Kier molecular flexibility index (Phi) is 13.1. The van der Waals surface area contributed by atoms with Crippen LogP contribution in [-0.2, 0) is 0 Å². The molecule has 2 heterocycles. The summed E-state index contributed by atoms with van der Waals surface area (Å²) < 4.78 is 4.78. The normalized spacial score (nSPS) is 11.2. The number of nitriles is 1. The van der Waals surface area contributed by atoms with Crippen LogP contribution in [0.25, 0.3) is 55.0 Å². The maximum atomic E-state index is 10.9. The minimum Gasteiger partial charge on any atom is -0.310 e. The van der Waals surface area contributed by atoms with E-state index < -0.39 is 0 Å². The third-order valence-corrected chi connectivity index (χ3v) is 16.2. The van der Waals surface area contributed by atoms with Crippen LogP contribution in [-0.4, -0.2) is 9.13 Å². The van der Waals surface area contributed by atoms with Crippen LogP contribution >= 0.6 is 0 Å². The monoisotopic (exact) mass is 1100 g/mol. The molecule has 0 bridgehead atoms. The maximum Gasteiger partial charge on any atom is 0.0992 e. The second-order valence-electron chi connectivity index (χ2n) is 21.3. The highest BCUT2D eigenvalue weighted by Crippen LogP contribution is 2.47. The minimum atomic E-state index is 0.554. The Morgan fingerprint density at radius 1 is 0.209 bits per heavy atom. The van der Waals surface area contributed by atoms with Crippen LogP contribution in [0.4, 0.5) is 68.2 Å². The summed E-state index contributed by atoms with van der Waals surface area (Å²) in [6.07, 6.45) is 0. The van der Waals surface area contributed by atoms with Crippen molar-refractivity contribution in [3.8, 4) is 17.4 Å². The van der Waals surface area contributed by atoms with E-state index in [0.29, 0.717) is 5.56 Å². The van der Waals surface area contributed by atoms with Gasteiger partial charge in [-0.3, -0.25) is 0 Å². The Balaban J connectivity index is 1.01. The molecule has 0 N–H and O–H groups in total. The molecule has 13 aromatic carbocycles. The minimum absolute atomic E-state index is 0.554. The summed E-state index contributed by atoms with van der Waals surface area (Å²) in [5.41, 5.74) is 18.9. The van der Waals surface area contributed by atoms with Crippen molar-refractivity contribution < 1.29 is 0 Å². The molecule has 0 aliphatic heterocycles. The molecule has 0 unspecified atom stereocenters. The van der Waals surface area contributed by atoms with E-state index in [9.17, 15) is 5.26 Å². The Labute approximate surface area is 499 Å². The highest BCUT2D eigenvalue weighted by Gasteiger charge is 2.25. The lowest BCUT2D eigenvalue weighted by Gasteiger charge is -2.26. The van der Waals surface area contributed by atoms with Crippen molar-refractivity contribution in [1.82, 2.24) is 9.13 Å². The summed E-state index contributed by atoms with van der Waals surface area (Å²) in [6.45, 7) is 0. The molecule has 15 rings (SSSR count). The summed E-state index contributed by atoms with van der Waals surface area (Å²) >= 11 is 0. The van der Waals surface area contributed by atoms with Crippen LogP contribution in [0.5, 0.6) is 0 Å². The van der Waals surface area contributed by atoms with Crippen molar-refractivity contribution in [2.75, 3.05) is 19.6 Å². The molecule has 7 nitrogen and oxygen atoms in total. The summed E-state index contributed by atoms with van der Waals surface area (Å²) in [5.74, 6) is 0. The number of para-hydroxylation sites is 8. The highest BCUT2D eigenvalue weighted by molar-refractivity contribution is 6.14. The molecule has 2 aromatic heterocycles. The van der Waals surface area contributed by atoms with Crippen LogP contribution in [0.1, 0.15) is 5.56 Å². The van der Waals surface area contributed by atoms with Crippen LogP contribution in [0.3, 0.4) is 0 Å². The Hall–Kier alpha value is -11.9. The van der Waals surface area contributed by atoms with Crippen LogP contribution in [0.15, 0.2) is 334 Å². The molecule has 0 amide bonds. The van der Waals surface area contributed by atoms with Crippen molar-refractivity contribution >= 4 is 112 Å². The molecular weight excluding hydrogens is 1050 g/mol. The number of hydrogen-bond acceptors (Lipinski definition) is 5. The van der Waals surface area contributed by atoms with E-state index in [0.717, 1.165) is 123 Å². The zero-order chi connectivity index (χ0) is 57.3. The molecule has 0 spiro atoms. The standard InChI is InChI=1S/C79H55N7/c80-56-57-41-46-78(85-74-47-42-66(81(58-25-9-1-10-26-58)59-27-11-2-12-28-59)52-70(74)71-53-67(43-48-75(71)85)82(60-29-13-3-14-30-60)61-31-15-4-16-32-61)79(51-57)86-76-49-44-68(83(62-33-17-5-18-34-62)63-35-19-6-20-36-63)54-72(76)73-55-69(45-50-77(73)86)84(64-37-21-7-22-38-64)65-39-23-8-24-40-65/h1-55H. The number of hydrogen-bond donors (Lipinski definition) is 0. The average Bonchev–Trinajstić information content (AvgIpc) is 2.24. The summed E-state index contributed by atoms with van der Waals surface area (Å²) in [4.78, 5) is 9.30. The lowest BCUT2D eigenvalue weighted by atomic mass is 10.1. The Bertz CT molecular complexity index is 4490. The molecule has 0 saturated carbocycles. The molecule has 0 aliphatic rings. The van der Waals surface area contributed by atoms with Gasteiger partial charge < -0.3 is 28.7 Å². The first-order valence-electron chi connectivity index (χ1n) is 29.0.